The molecule has 0 aliphatic carbocycles. The molecule has 1 aromatic carbocycles. The van der Waals surface area contributed by atoms with Crippen LogP contribution in [0.25, 0.3) is 6.08 Å². The van der Waals surface area contributed by atoms with Gasteiger partial charge in [0.25, 0.3) is 5.91 Å². The van der Waals surface area contributed by atoms with E-state index in [1.54, 1.807) is 13.2 Å². The molecule has 1 N–H and O–H groups in total. The number of hydrogen-bond acceptors (Lipinski definition) is 5. The van der Waals surface area contributed by atoms with E-state index in [1.165, 1.54) is 17.4 Å². The van der Waals surface area contributed by atoms with Gasteiger partial charge in [-0.1, -0.05) is 24.3 Å². The van der Waals surface area contributed by atoms with E-state index in [1.807, 2.05) is 41.8 Å². The Labute approximate surface area is 138 Å². The maximum atomic E-state index is 11.7. The highest BCUT2D eigenvalue weighted by atomic mass is 32.1. The molecule has 0 saturated carbocycles. The first-order valence-corrected chi connectivity index (χ1v) is 7.84. The number of thiophene rings is 1. The molecule has 0 atom stereocenters. The number of carbonyl (C=O) groups is 2. The van der Waals surface area contributed by atoms with Crippen molar-refractivity contribution < 1.29 is 19.1 Å². The molecule has 0 radical (unpaired) electrons. The molecule has 0 unspecified atom stereocenters. The normalized spacial score (nSPS) is 10.5. The van der Waals surface area contributed by atoms with Gasteiger partial charge in [-0.05, 0) is 23.6 Å². The van der Waals surface area contributed by atoms with Crippen LogP contribution in [0.4, 0.5) is 0 Å². The van der Waals surface area contributed by atoms with E-state index in [0.29, 0.717) is 12.3 Å². The Morgan fingerprint density at radius 3 is 2.78 bits per heavy atom. The van der Waals surface area contributed by atoms with Gasteiger partial charge in [0.1, 0.15) is 5.75 Å². The summed E-state index contributed by atoms with van der Waals surface area (Å²) in [5.74, 6) is -0.219. The van der Waals surface area contributed by atoms with Gasteiger partial charge >= 0.3 is 5.97 Å². The zero-order valence-corrected chi connectivity index (χ0v) is 13.5. The first-order chi connectivity index (χ1) is 11.2. The van der Waals surface area contributed by atoms with Gasteiger partial charge < -0.3 is 14.8 Å². The minimum absolute atomic E-state index is 0.311. The van der Waals surface area contributed by atoms with Crippen molar-refractivity contribution in [3.05, 3.63) is 58.3 Å². The number of esters is 1. The summed E-state index contributed by atoms with van der Waals surface area (Å²) in [6.45, 7) is -0.00576. The maximum absolute atomic E-state index is 11.7. The van der Waals surface area contributed by atoms with E-state index >= 15 is 0 Å². The molecule has 2 rings (SSSR count). The second-order valence-corrected chi connectivity index (χ2v) is 5.52. The maximum Gasteiger partial charge on any atom is 0.331 e. The first-order valence-electron chi connectivity index (χ1n) is 6.96. The minimum Gasteiger partial charge on any atom is -0.496 e. The van der Waals surface area contributed by atoms with Crippen LogP contribution in [0.1, 0.15) is 10.4 Å². The quantitative estimate of drug-likeness (QED) is 0.626. The number of nitrogens with one attached hydrogen (secondary N) is 1. The van der Waals surface area contributed by atoms with Gasteiger partial charge in [0.05, 0.1) is 7.11 Å². The Morgan fingerprint density at radius 1 is 1.22 bits per heavy atom. The van der Waals surface area contributed by atoms with Gasteiger partial charge in [-0.25, -0.2) is 4.79 Å². The Balaban J connectivity index is 1.73. The second kappa shape index (κ2) is 8.75. The van der Waals surface area contributed by atoms with E-state index in [-0.39, 0.29) is 12.5 Å². The van der Waals surface area contributed by atoms with Gasteiger partial charge in [-0.3, -0.25) is 4.79 Å². The van der Waals surface area contributed by atoms with Crippen molar-refractivity contribution in [2.75, 3.05) is 13.7 Å². The van der Waals surface area contributed by atoms with Crippen LogP contribution in [-0.2, 0) is 20.9 Å². The highest BCUT2D eigenvalue weighted by molar-refractivity contribution is 7.10. The molecular weight excluding hydrogens is 314 g/mol. The highest BCUT2D eigenvalue weighted by Gasteiger charge is 2.07. The smallest absolute Gasteiger partial charge is 0.331 e. The minimum atomic E-state index is -0.550. The van der Waals surface area contributed by atoms with Gasteiger partial charge in [0, 0.05) is 23.1 Å². The third-order valence-electron chi connectivity index (χ3n) is 2.94. The summed E-state index contributed by atoms with van der Waals surface area (Å²) in [4.78, 5) is 24.2. The van der Waals surface area contributed by atoms with E-state index in [4.69, 9.17) is 9.47 Å². The fourth-order valence-corrected chi connectivity index (χ4v) is 2.43. The number of para-hydroxylation sites is 1. The number of benzene rings is 1. The molecule has 23 heavy (non-hydrogen) atoms. The fraction of sp³-hybridized carbons (Fsp3) is 0.176. The van der Waals surface area contributed by atoms with Crippen LogP contribution >= 0.6 is 11.3 Å². The molecule has 120 valence electrons. The van der Waals surface area contributed by atoms with Crippen LogP contribution in [0.3, 0.4) is 0 Å². The number of hydrogen-bond donors (Lipinski definition) is 1. The van der Waals surface area contributed by atoms with Crippen molar-refractivity contribution in [3.63, 3.8) is 0 Å². The first kappa shape index (κ1) is 16.8. The molecule has 0 aliphatic heterocycles. The lowest BCUT2D eigenvalue weighted by Crippen LogP contribution is -2.28. The predicted octanol–water partition coefficient (Wildman–Crippen LogP) is 2.63. The lowest BCUT2D eigenvalue weighted by Gasteiger charge is -2.09. The molecule has 0 bridgehead atoms. The van der Waals surface area contributed by atoms with E-state index in [0.717, 1.165) is 10.4 Å². The summed E-state index contributed by atoms with van der Waals surface area (Å²) in [7, 11) is 1.57. The number of methoxy groups -OCH3 is 1. The lowest BCUT2D eigenvalue weighted by atomic mass is 10.2. The molecule has 5 nitrogen and oxygen atoms in total. The third kappa shape index (κ3) is 5.60. The number of ether oxygens (including phenoxy) is 2. The van der Waals surface area contributed by atoms with Gasteiger partial charge in [-0.15, -0.1) is 11.3 Å². The highest BCUT2D eigenvalue weighted by Crippen LogP contribution is 2.16. The van der Waals surface area contributed by atoms with Gasteiger partial charge in [-0.2, -0.15) is 0 Å². The van der Waals surface area contributed by atoms with Gasteiger partial charge in [0.15, 0.2) is 6.61 Å². The molecule has 1 heterocycles. The van der Waals surface area contributed by atoms with Crippen molar-refractivity contribution in [2.24, 2.45) is 0 Å². The largest absolute Gasteiger partial charge is 0.496 e. The summed E-state index contributed by atoms with van der Waals surface area (Å²) >= 11 is 1.51. The van der Waals surface area contributed by atoms with Crippen LogP contribution in [0.5, 0.6) is 5.75 Å². The second-order valence-electron chi connectivity index (χ2n) is 4.55. The zero-order chi connectivity index (χ0) is 16.5. The zero-order valence-electron chi connectivity index (χ0n) is 12.7. The van der Waals surface area contributed by atoms with Crippen molar-refractivity contribution in [1.82, 2.24) is 5.32 Å². The molecule has 1 amide bonds. The molecule has 1 aromatic heterocycles. The van der Waals surface area contributed by atoms with Gasteiger partial charge in [0.2, 0.25) is 0 Å². The summed E-state index contributed by atoms with van der Waals surface area (Å²) in [6, 6.07) is 11.2. The standard InChI is InChI=1S/C17H17NO4S/c1-21-15-7-3-2-5-13(15)11-18-16(19)12-22-17(20)9-8-14-6-4-10-23-14/h2-10H,11-12H2,1H3,(H,18,19)/b9-8+. The summed E-state index contributed by atoms with van der Waals surface area (Å²) in [6.07, 6.45) is 2.96. The molecule has 0 saturated heterocycles. The predicted molar refractivity (Wildman–Crippen MR) is 89.2 cm³/mol. The number of carbonyl (C=O) groups excluding carboxylic acids is 2. The monoisotopic (exact) mass is 331 g/mol. The molecule has 6 heteroatoms. The van der Waals surface area contributed by atoms with Crippen LogP contribution in [0.2, 0.25) is 0 Å². The Kier molecular flexibility index (Phi) is 6.38. The molecule has 2 aromatic rings. The van der Waals surface area contributed by atoms with Crippen LogP contribution < -0.4 is 10.1 Å². The van der Waals surface area contributed by atoms with Crippen molar-refractivity contribution in [2.45, 2.75) is 6.54 Å². The summed E-state index contributed by atoms with van der Waals surface area (Å²) in [5.41, 5.74) is 0.854. The van der Waals surface area contributed by atoms with E-state index < -0.39 is 5.97 Å². The van der Waals surface area contributed by atoms with Crippen molar-refractivity contribution in [1.29, 1.82) is 0 Å². The summed E-state index contributed by atoms with van der Waals surface area (Å²) < 4.78 is 10.1. The van der Waals surface area contributed by atoms with Crippen LogP contribution in [0.15, 0.2) is 47.9 Å². The van der Waals surface area contributed by atoms with E-state index in [2.05, 4.69) is 5.32 Å². The lowest BCUT2D eigenvalue weighted by molar-refractivity contribution is -0.143. The number of rotatable bonds is 7. The average molecular weight is 331 g/mol. The molecule has 0 fully saturated rings. The van der Waals surface area contributed by atoms with Crippen LogP contribution in [-0.4, -0.2) is 25.6 Å². The fourth-order valence-electron chi connectivity index (χ4n) is 1.81. The summed E-state index contributed by atoms with van der Waals surface area (Å²) in [5, 5.41) is 4.59. The Morgan fingerprint density at radius 2 is 2.04 bits per heavy atom. The topological polar surface area (TPSA) is 64.6 Å². The van der Waals surface area contributed by atoms with Crippen LogP contribution in [0, 0.1) is 0 Å². The molecular formula is C17H17NO4S. The van der Waals surface area contributed by atoms with E-state index in [9.17, 15) is 9.59 Å². The number of amides is 1. The van der Waals surface area contributed by atoms with Crippen molar-refractivity contribution in [3.8, 4) is 5.75 Å². The Hall–Kier alpha value is -2.60. The molecule has 0 aliphatic rings. The Bertz CT molecular complexity index is 680. The SMILES string of the molecule is COc1ccccc1CNC(=O)COC(=O)/C=C/c1cccs1. The molecule has 0 spiro atoms. The average Bonchev–Trinajstić information content (AvgIpc) is 3.10. The third-order valence-corrected chi connectivity index (χ3v) is 3.78. The van der Waals surface area contributed by atoms with Crippen molar-refractivity contribution >= 4 is 29.3 Å².